The predicted octanol–water partition coefficient (Wildman–Crippen LogP) is 2.15. The lowest BCUT2D eigenvalue weighted by Gasteiger charge is -2.16. The molecule has 2 heterocycles. The van der Waals surface area contributed by atoms with Crippen LogP contribution in [-0.4, -0.2) is 27.3 Å². The van der Waals surface area contributed by atoms with Gasteiger partial charge in [0, 0.05) is 0 Å². The van der Waals surface area contributed by atoms with E-state index in [2.05, 4.69) is 15.5 Å². The van der Waals surface area contributed by atoms with E-state index in [1.165, 1.54) is 0 Å². The molecule has 0 fully saturated rings. The number of nitrogens with one attached hydrogen (secondary N) is 1. The molecule has 1 atom stereocenters. The van der Waals surface area contributed by atoms with E-state index in [9.17, 15) is 4.79 Å². The second-order valence-electron chi connectivity index (χ2n) is 5.27. The van der Waals surface area contributed by atoms with Gasteiger partial charge >= 0.3 is 5.97 Å². The van der Waals surface area contributed by atoms with Crippen LogP contribution in [0.25, 0.3) is 11.5 Å². The number of nitrogens with zero attached hydrogens (tertiary/aromatic N) is 2. The second kappa shape index (κ2) is 6.09. The zero-order valence-electron chi connectivity index (χ0n) is 12.5. The first-order valence-electron chi connectivity index (χ1n) is 6.74. The molecule has 0 amide bonds. The van der Waals surface area contributed by atoms with Crippen molar-refractivity contribution in [2.45, 2.75) is 40.3 Å². The SMILES string of the molecule is Cc1cc(-c2nnc(CNC(C(=O)O)C(C)C)o2)c(C)o1. The lowest BCUT2D eigenvalue weighted by molar-refractivity contribution is -0.140. The van der Waals surface area contributed by atoms with Crippen LogP contribution in [0.4, 0.5) is 0 Å². The van der Waals surface area contributed by atoms with E-state index in [1.54, 1.807) is 0 Å². The van der Waals surface area contributed by atoms with Crippen LogP contribution in [0.1, 0.15) is 31.3 Å². The third kappa shape index (κ3) is 3.49. The second-order valence-corrected chi connectivity index (χ2v) is 5.27. The van der Waals surface area contributed by atoms with Gasteiger partial charge in [0.25, 0.3) is 5.89 Å². The Labute approximate surface area is 122 Å². The van der Waals surface area contributed by atoms with E-state index >= 15 is 0 Å². The van der Waals surface area contributed by atoms with Gasteiger partial charge in [-0.3, -0.25) is 10.1 Å². The molecule has 114 valence electrons. The normalized spacial score (nSPS) is 12.8. The number of carbonyl (C=O) groups is 1. The van der Waals surface area contributed by atoms with Gasteiger partial charge in [-0.25, -0.2) is 0 Å². The van der Waals surface area contributed by atoms with Crippen molar-refractivity contribution in [1.29, 1.82) is 0 Å². The van der Waals surface area contributed by atoms with Crippen LogP contribution in [0.5, 0.6) is 0 Å². The fraction of sp³-hybridized carbons (Fsp3) is 0.500. The topological polar surface area (TPSA) is 101 Å². The van der Waals surface area contributed by atoms with Crippen LogP contribution in [0.15, 0.2) is 14.9 Å². The molecule has 0 aliphatic heterocycles. The number of carboxylic acid groups (broad SMARTS) is 1. The summed E-state index contributed by atoms with van der Waals surface area (Å²) in [5, 5.41) is 19.9. The summed E-state index contributed by atoms with van der Waals surface area (Å²) in [6.07, 6.45) is 0. The molecule has 2 aromatic heterocycles. The molecule has 2 rings (SSSR count). The highest BCUT2D eigenvalue weighted by Crippen LogP contribution is 2.25. The van der Waals surface area contributed by atoms with Crippen molar-refractivity contribution in [2.75, 3.05) is 0 Å². The summed E-state index contributed by atoms with van der Waals surface area (Å²) in [7, 11) is 0. The molecule has 0 aromatic carbocycles. The third-order valence-electron chi connectivity index (χ3n) is 3.14. The van der Waals surface area contributed by atoms with Gasteiger partial charge in [0.1, 0.15) is 17.6 Å². The summed E-state index contributed by atoms with van der Waals surface area (Å²) in [5.74, 6) is 1.26. The van der Waals surface area contributed by atoms with Gasteiger partial charge in [-0.1, -0.05) is 13.8 Å². The fourth-order valence-corrected chi connectivity index (χ4v) is 2.08. The molecule has 2 N–H and O–H groups in total. The number of aliphatic carboxylic acids is 1. The molecule has 0 aliphatic carbocycles. The fourth-order valence-electron chi connectivity index (χ4n) is 2.08. The Bertz CT molecular complexity index is 630. The average Bonchev–Trinajstić information content (AvgIpc) is 2.95. The zero-order chi connectivity index (χ0) is 15.6. The monoisotopic (exact) mass is 293 g/mol. The summed E-state index contributed by atoms with van der Waals surface area (Å²) >= 11 is 0. The summed E-state index contributed by atoms with van der Waals surface area (Å²) in [6, 6.07) is 1.17. The Morgan fingerprint density at radius 1 is 1.33 bits per heavy atom. The third-order valence-corrected chi connectivity index (χ3v) is 3.14. The van der Waals surface area contributed by atoms with Gasteiger partial charge in [-0.05, 0) is 25.8 Å². The molecule has 0 spiro atoms. The molecule has 0 aliphatic rings. The van der Waals surface area contributed by atoms with E-state index in [1.807, 2.05) is 33.8 Å². The van der Waals surface area contributed by atoms with Crippen LogP contribution in [-0.2, 0) is 11.3 Å². The first-order valence-corrected chi connectivity index (χ1v) is 6.74. The lowest BCUT2D eigenvalue weighted by atomic mass is 10.1. The molecule has 0 saturated carbocycles. The number of aromatic nitrogens is 2. The molecule has 0 saturated heterocycles. The van der Waals surface area contributed by atoms with Crippen molar-refractivity contribution < 1.29 is 18.7 Å². The highest BCUT2D eigenvalue weighted by molar-refractivity contribution is 5.73. The van der Waals surface area contributed by atoms with E-state index in [0.29, 0.717) is 17.5 Å². The molecule has 7 heteroatoms. The van der Waals surface area contributed by atoms with Crippen LogP contribution in [0, 0.1) is 19.8 Å². The quantitative estimate of drug-likeness (QED) is 0.841. The maximum Gasteiger partial charge on any atom is 0.320 e. The van der Waals surface area contributed by atoms with Gasteiger partial charge < -0.3 is 13.9 Å². The van der Waals surface area contributed by atoms with Crippen LogP contribution in [0.2, 0.25) is 0 Å². The van der Waals surface area contributed by atoms with Crippen LogP contribution < -0.4 is 5.32 Å². The van der Waals surface area contributed by atoms with Crippen molar-refractivity contribution in [3.8, 4) is 11.5 Å². The Balaban J connectivity index is 2.07. The molecule has 7 nitrogen and oxygen atoms in total. The molecule has 0 bridgehead atoms. The van der Waals surface area contributed by atoms with E-state index < -0.39 is 12.0 Å². The Morgan fingerprint density at radius 2 is 2.05 bits per heavy atom. The summed E-state index contributed by atoms with van der Waals surface area (Å²) in [4.78, 5) is 11.1. The van der Waals surface area contributed by atoms with Gasteiger partial charge in [0.05, 0.1) is 12.1 Å². The Morgan fingerprint density at radius 3 is 2.57 bits per heavy atom. The van der Waals surface area contributed by atoms with E-state index in [0.717, 1.165) is 11.3 Å². The highest BCUT2D eigenvalue weighted by atomic mass is 16.4. The average molecular weight is 293 g/mol. The first kappa shape index (κ1) is 15.2. The minimum Gasteiger partial charge on any atom is -0.480 e. The zero-order valence-corrected chi connectivity index (χ0v) is 12.5. The molecule has 1 unspecified atom stereocenters. The number of rotatable bonds is 6. The van der Waals surface area contributed by atoms with Gasteiger partial charge in [-0.2, -0.15) is 0 Å². The molecular weight excluding hydrogens is 274 g/mol. The maximum atomic E-state index is 11.1. The van der Waals surface area contributed by atoms with Crippen molar-refractivity contribution >= 4 is 5.97 Å². The van der Waals surface area contributed by atoms with Crippen molar-refractivity contribution in [2.24, 2.45) is 5.92 Å². The number of aryl methyl sites for hydroxylation is 2. The minimum absolute atomic E-state index is 0.0383. The largest absolute Gasteiger partial charge is 0.480 e. The van der Waals surface area contributed by atoms with Crippen molar-refractivity contribution in [1.82, 2.24) is 15.5 Å². The first-order chi connectivity index (χ1) is 9.88. The predicted molar refractivity (Wildman–Crippen MR) is 74.6 cm³/mol. The highest BCUT2D eigenvalue weighted by Gasteiger charge is 2.22. The van der Waals surface area contributed by atoms with Crippen LogP contribution >= 0.6 is 0 Å². The molecule has 2 aromatic rings. The number of carboxylic acids is 1. The number of hydrogen-bond donors (Lipinski definition) is 2. The summed E-state index contributed by atoms with van der Waals surface area (Å²) < 4.78 is 11.0. The van der Waals surface area contributed by atoms with Crippen molar-refractivity contribution in [3.63, 3.8) is 0 Å². The lowest BCUT2D eigenvalue weighted by Crippen LogP contribution is -2.40. The summed E-state index contributed by atoms with van der Waals surface area (Å²) in [6.45, 7) is 7.54. The number of hydrogen-bond acceptors (Lipinski definition) is 6. The Hall–Kier alpha value is -2.15. The van der Waals surface area contributed by atoms with Gasteiger partial charge in [0.2, 0.25) is 5.89 Å². The van der Waals surface area contributed by atoms with E-state index in [4.69, 9.17) is 13.9 Å². The standard InChI is InChI=1S/C14H19N3O4/c1-7(2)12(14(18)19)15-6-11-16-17-13(21-11)10-5-8(3)20-9(10)4/h5,7,12,15H,6H2,1-4H3,(H,18,19). The number of furan rings is 1. The van der Waals surface area contributed by atoms with Crippen LogP contribution in [0.3, 0.4) is 0 Å². The van der Waals surface area contributed by atoms with Gasteiger partial charge in [0.15, 0.2) is 0 Å². The van der Waals surface area contributed by atoms with Gasteiger partial charge in [-0.15, -0.1) is 10.2 Å². The Kier molecular flexibility index (Phi) is 4.42. The molecular formula is C14H19N3O4. The summed E-state index contributed by atoms with van der Waals surface area (Å²) in [5.41, 5.74) is 0.755. The smallest absolute Gasteiger partial charge is 0.320 e. The minimum atomic E-state index is -0.897. The van der Waals surface area contributed by atoms with E-state index in [-0.39, 0.29) is 12.5 Å². The molecule has 21 heavy (non-hydrogen) atoms. The maximum absolute atomic E-state index is 11.1. The molecule has 0 radical (unpaired) electrons. The van der Waals surface area contributed by atoms with Crippen molar-refractivity contribution in [3.05, 3.63) is 23.5 Å².